The second-order valence-corrected chi connectivity index (χ2v) is 7.03. The molecule has 2 aromatic rings. The normalized spacial score (nSPS) is 11.8. The summed E-state index contributed by atoms with van der Waals surface area (Å²) in [5.74, 6) is 0.561. The van der Waals surface area contributed by atoms with Crippen LogP contribution in [0.4, 0.5) is 24.5 Å². The van der Waals surface area contributed by atoms with E-state index in [-0.39, 0.29) is 12.2 Å². The van der Waals surface area contributed by atoms with E-state index >= 15 is 0 Å². The van der Waals surface area contributed by atoms with Gasteiger partial charge in [0.15, 0.2) is 0 Å². The van der Waals surface area contributed by atoms with Gasteiger partial charge in [-0.3, -0.25) is 10.1 Å². The molecule has 0 saturated carbocycles. The Hall–Kier alpha value is -2.82. The molecule has 0 bridgehead atoms. The maximum absolute atomic E-state index is 12.6. The number of hydrogen-bond acceptors (Lipinski definition) is 6. The van der Waals surface area contributed by atoms with Gasteiger partial charge in [0.2, 0.25) is 0 Å². The molecule has 0 spiro atoms. The molecular formula is C15H13F3N2O5S. The van der Waals surface area contributed by atoms with Crippen LogP contribution in [-0.2, 0) is 16.4 Å². The van der Waals surface area contributed by atoms with Crippen molar-refractivity contribution < 1.29 is 31.2 Å². The summed E-state index contributed by atoms with van der Waals surface area (Å²) in [5.41, 5.74) is -5.74. The fourth-order valence-electron chi connectivity index (χ4n) is 2.09. The van der Waals surface area contributed by atoms with Gasteiger partial charge in [0, 0.05) is 12.6 Å². The van der Waals surface area contributed by atoms with Crippen LogP contribution >= 0.6 is 0 Å². The van der Waals surface area contributed by atoms with Crippen LogP contribution in [0.15, 0.2) is 47.4 Å². The summed E-state index contributed by atoms with van der Waals surface area (Å²) in [6.45, 7) is 0.114. The fraction of sp³-hybridized carbons (Fsp3) is 0.200. The second kappa shape index (κ2) is 7.20. The number of benzene rings is 2. The van der Waals surface area contributed by atoms with Gasteiger partial charge in [-0.2, -0.15) is 13.2 Å². The number of alkyl halides is 3. The van der Waals surface area contributed by atoms with Crippen LogP contribution in [0.5, 0.6) is 5.75 Å². The van der Waals surface area contributed by atoms with Gasteiger partial charge in [0.25, 0.3) is 15.5 Å². The number of hydrogen-bond donors (Lipinski definition) is 1. The number of nitro benzene ring substituents is 1. The number of nitrogens with zero attached hydrogens (tertiary/aromatic N) is 1. The lowest BCUT2D eigenvalue weighted by molar-refractivity contribution is -0.384. The minimum atomic E-state index is -5.67. The third-order valence-corrected chi connectivity index (χ3v) is 4.88. The molecule has 2 aromatic carbocycles. The zero-order valence-corrected chi connectivity index (χ0v) is 14.1. The first kappa shape index (κ1) is 19.5. The number of ether oxygens (including phenoxy) is 1. The number of sulfone groups is 1. The van der Waals surface area contributed by atoms with Gasteiger partial charge < -0.3 is 10.1 Å². The van der Waals surface area contributed by atoms with Crippen molar-refractivity contribution in [1.82, 2.24) is 0 Å². The number of nitrogens with one attached hydrogen (secondary N) is 1. The molecule has 0 aromatic heterocycles. The molecule has 0 amide bonds. The largest absolute Gasteiger partial charge is 0.501 e. The number of rotatable bonds is 6. The molecular weight excluding hydrogens is 377 g/mol. The Labute approximate surface area is 146 Å². The standard InChI is InChI=1S/C15H13F3N2O5S/c1-25-11-4-2-3-10(7-11)9-19-13-6-5-12(8-14(13)20(21)22)26(23,24)15(16,17)18/h2-8,19H,9H2,1H3. The molecule has 0 saturated heterocycles. The van der Waals surface area contributed by atoms with Gasteiger partial charge in [-0.1, -0.05) is 12.1 Å². The van der Waals surface area contributed by atoms with Crippen molar-refractivity contribution in [1.29, 1.82) is 0 Å². The van der Waals surface area contributed by atoms with Gasteiger partial charge in [-0.25, -0.2) is 8.42 Å². The Morgan fingerprint density at radius 3 is 2.46 bits per heavy atom. The van der Waals surface area contributed by atoms with E-state index in [1.807, 2.05) is 0 Å². The van der Waals surface area contributed by atoms with Crippen LogP contribution in [0.3, 0.4) is 0 Å². The van der Waals surface area contributed by atoms with Gasteiger partial charge >= 0.3 is 5.51 Å². The molecule has 0 aliphatic carbocycles. The molecule has 0 heterocycles. The van der Waals surface area contributed by atoms with Crippen LogP contribution in [0, 0.1) is 10.1 Å². The summed E-state index contributed by atoms with van der Waals surface area (Å²) < 4.78 is 65.7. The highest BCUT2D eigenvalue weighted by Gasteiger charge is 2.47. The van der Waals surface area contributed by atoms with E-state index in [0.29, 0.717) is 23.4 Å². The van der Waals surface area contributed by atoms with Crippen molar-refractivity contribution in [3.05, 3.63) is 58.1 Å². The van der Waals surface area contributed by atoms with Gasteiger partial charge in [0.05, 0.1) is 16.9 Å². The molecule has 2 rings (SSSR count). The minimum Gasteiger partial charge on any atom is -0.497 e. The highest BCUT2D eigenvalue weighted by atomic mass is 32.2. The van der Waals surface area contributed by atoms with E-state index in [0.717, 1.165) is 6.07 Å². The average molecular weight is 390 g/mol. The summed E-state index contributed by atoms with van der Waals surface area (Å²) in [5, 5.41) is 13.8. The number of nitro groups is 1. The van der Waals surface area contributed by atoms with Gasteiger partial charge in [0.1, 0.15) is 11.4 Å². The highest BCUT2D eigenvalue weighted by molar-refractivity contribution is 7.92. The molecule has 7 nitrogen and oxygen atoms in total. The topological polar surface area (TPSA) is 98.5 Å². The first-order valence-corrected chi connectivity index (χ1v) is 8.51. The SMILES string of the molecule is COc1cccc(CNc2ccc(S(=O)(=O)C(F)(F)F)cc2[N+](=O)[O-])c1. The molecule has 0 aliphatic rings. The van der Waals surface area contributed by atoms with E-state index in [1.165, 1.54) is 7.11 Å². The van der Waals surface area contributed by atoms with Crippen molar-refractivity contribution in [2.24, 2.45) is 0 Å². The first-order valence-electron chi connectivity index (χ1n) is 7.03. The summed E-state index contributed by atoms with van der Waals surface area (Å²) >= 11 is 0. The Morgan fingerprint density at radius 2 is 1.88 bits per heavy atom. The lowest BCUT2D eigenvalue weighted by Gasteiger charge is -2.11. The molecule has 26 heavy (non-hydrogen) atoms. The van der Waals surface area contributed by atoms with Crippen molar-refractivity contribution in [3.8, 4) is 5.75 Å². The van der Waals surface area contributed by atoms with E-state index in [9.17, 15) is 31.7 Å². The van der Waals surface area contributed by atoms with Crippen molar-refractivity contribution in [2.75, 3.05) is 12.4 Å². The number of halogens is 3. The highest BCUT2D eigenvalue weighted by Crippen LogP contribution is 2.34. The smallest absolute Gasteiger partial charge is 0.497 e. The van der Waals surface area contributed by atoms with Gasteiger partial charge in [-0.15, -0.1) is 0 Å². The van der Waals surface area contributed by atoms with E-state index in [1.54, 1.807) is 24.3 Å². The Morgan fingerprint density at radius 1 is 1.19 bits per heavy atom. The number of anilines is 1. The minimum absolute atomic E-state index is 0.112. The lowest BCUT2D eigenvalue weighted by Crippen LogP contribution is -2.23. The predicted octanol–water partition coefficient (Wildman–Crippen LogP) is 3.51. The number of methoxy groups -OCH3 is 1. The summed E-state index contributed by atoms with van der Waals surface area (Å²) in [6, 6.07) is 8.76. The lowest BCUT2D eigenvalue weighted by atomic mass is 10.2. The maximum atomic E-state index is 12.6. The molecule has 140 valence electrons. The average Bonchev–Trinajstić information content (AvgIpc) is 2.58. The quantitative estimate of drug-likeness (QED) is 0.599. The molecule has 0 radical (unpaired) electrons. The van der Waals surface area contributed by atoms with E-state index in [2.05, 4.69) is 5.32 Å². The van der Waals surface area contributed by atoms with Crippen LogP contribution in [-0.4, -0.2) is 26.0 Å². The Balaban J connectivity index is 2.33. The molecule has 0 unspecified atom stereocenters. The van der Waals surface area contributed by atoms with E-state index < -0.39 is 30.9 Å². The molecule has 0 fully saturated rings. The maximum Gasteiger partial charge on any atom is 0.501 e. The molecule has 0 atom stereocenters. The van der Waals surface area contributed by atoms with Crippen molar-refractivity contribution in [2.45, 2.75) is 16.9 Å². The second-order valence-electron chi connectivity index (χ2n) is 5.09. The summed E-state index contributed by atoms with van der Waals surface area (Å²) in [4.78, 5) is 8.99. The summed E-state index contributed by atoms with van der Waals surface area (Å²) in [7, 11) is -4.20. The zero-order chi connectivity index (χ0) is 19.5. The van der Waals surface area contributed by atoms with Crippen LogP contribution in [0.25, 0.3) is 0 Å². The zero-order valence-electron chi connectivity index (χ0n) is 13.3. The van der Waals surface area contributed by atoms with Crippen LogP contribution in [0.1, 0.15) is 5.56 Å². The predicted molar refractivity (Wildman–Crippen MR) is 86.7 cm³/mol. The Bertz CT molecular complexity index is 929. The van der Waals surface area contributed by atoms with Crippen molar-refractivity contribution in [3.63, 3.8) is 0 Å². The van der Waals surface area contributed by atoms with Crippen LogP contribution < -0.4 is 10.1 Å². The molecule has 1 N–H and O–H groups in total. The van der Waals surface area contributed by atoms with Crippen molar-refractivity contribution >= 4 is 21.2 Å². The Kier molecular flexibility index (Phi) is 5.40. The molecule has 11 heteroatoms. The first-order chi connectivity index (χ1) is 12.1. The fourth-order valence-corrected chi connectivity index (χ4v) is 2.87. The third-order valence-electron chi connectivity index (χ3n) is 3.40. The van der Waals surface area contributed by atoms with Gasteiger partial charge in [-0.05, 0) is 29.8 Å². The third kappa shape index (κ3) is 4.04. The van der Waals surface area contributed by atoms with E-state index in [4.69, 9.17) is 4.74 Å². The monoisotopic (exact) mass is 390 g/mol. The van der Waals surface area contributed by atoms with Crippen LogP contribution in [0.2, 0.25) is 0 Å². The summed E-state index contributed by atoms with van der Waals surface area (Å²) in [6.07, 6.45) is 0. The molecule has 0 aliphatic heterocycles.